The van der Waals surface area contributed by atoms with Crippen LogP contribution >= 0.6 is 0 Å². The Morgan fingerprint density at radius 3 is 2.50 bits per heavy atom. The van der Waals surface area contributed by atoms with Crippen LogP contribution in [0.3, 0.4) is 0 Å². The summed E-state index contributed by atoms with van der Waals surface area (Å²) in [7, 11) is 3.51. The van der Waals surface area contributed by atoms with Gasteiger partial charge in [-0.1, -0.05) is 19.9 Å². The van der Waals surface area contributed by atoms with E-state index in [0.717, 1.165) is 11.3 Å². The van der Waals surface area contributed by atoms with Crippen LogP contribution in [0, 0.1) is 6.92 Å². The third-order valence-electron chi connectivity index (χ3n) is 3.85. The number of aromatic nitrogens is 2. The second-order valence-electron chi connectivity index (χ2n) is 6.18. The summed E-state index contributed by atoms with van der Waals surface area (Å²) in [5, 5.41) is 5.81. The summed E-state index contributed by atoms with van der Waals surface area (Å²) < 4.78 is 0. The maximum Gasteiger partial charge on any atom is 0.321 e. The molecule has 128 valence electrons. The van der Waals surface area contributed by atoms with Crippen LogP contribution in [0.1, 0.15) is 36.5 Å². The standard InChI is InChI=1S/C18H25N5O/c1-12(2)16-8-15(7-6-13(16)3)22-18(24)23(5)11-14-9-20-17(19-4)21-10-14/h6-10,12H,11H2,1-5H3,(H,22,24)(H,19,20,21). The van der Waals surface area contributed by atoms with Crippen LogP contribution in [0.5, 0.6) is 0 Å². The number of hydrogen-bond acceptors (Lipinski definition) is 4. The van der Waals surface area contributed by atoms with Crippen LogP contribution < -0.4 is 10.6 Å². The van der Waals surface area contributed by atoms with Crippen molar-refractivity contribution in [2.45, 2.75) is 33.2 Å². The molecule has 24 heavy (non-hydrogen) atoms. The highest BCUT2D eigenvalue weighted by Crippen LogP contribution is 2.23. The molecule has 6 nitrogen and oxygen atoms in total. The Hall–Kier alpha value is -2.63. The number of carbonyl (C=O) groups is 1. The van der Waals surface area contributed by atoms with Crippen molar-refractivity contribution < 1.29 is 4.79 Å². The quantitative estimate of drug-likeness (QED) is 0.880. The van der Waals surface area contributed by atoms with Gasteiger partial charge in [-0.05, 0) is 36.1 Å². The summed E-state index contributed by atoms with van der Waals surface area (Å²) in [5.41, 5.74) is 4.16. The normalized spacial score (nSPS) is 10.6. The number of amides is 2. The van der Waals surface area contributed by atoms with Crippen LogP contribution in [0.15, 0.2) is 30.6 Å². The van der Waals surface area contributed by atoms with Crippen LogP contribution in [0.25, 0.3) is 0 Å². The number of nitrogens with one attached hydrogen (secondary N) is 2. The number of nitrogens with zero attached hydrogens (tertiary/aromatic N) is 3. The van der Waals surface area contributed by atoms with Gasteiger partial charge in [0.05, 0.1) is 6.54 Å². The van der Waals surface area contributed by atoms with Crippen LogP contribution in [0.2, 0.25) is 0 Å². The first-order valence-corrected chi connectivity index (χ1v) is 8.02. The number of benzene rings is 1. The fraction of sp³-hybridized carbons (Fsp3) is 0.389. The van der Waals surface area contributed by atoms with Crippen molar-refractivity contribution in [1.29, 1.82) is 0 Å². The first-order chi connectivity index (χ1) is 11.4. The van der Waals surface area contributed by atoms with E-state index in [4.69, 9.17) is 0 Å². The topological polar surface area (TPSA) is 70.2 Å². The first kappa shape index (κ1) is 17.7. The zero-order valence-electron chi connectivity index (χ0n) is 14.9. The predicted octanol–water partition coefficient (Wildman–Crippen LogP) is 3.61. The molecule has 1 aromatic heterocycles. The van der Waals surface area contributed by atoms with Crippen molar-refractivity contribution >= 4 is 17.7 Å². The van der Waals surface area contributed by atoms with Crippen LogP contribution in [-0.4, -0.2) is 35.0 Å². The van der Waals surface area contributed by atoms with Gasteiger partial charge in [-0.15, -0.1) is 0 Å². The van der Waals surface area contributed by atoms with E-state index in [9.17, 15) is 4.79 Å². The van der Waals surface area contributed by atoms with Crippen molar-refractivity contribution in [3.05, 3.63) is 47.3 Å². The zero-order valence-corrected chi connectivity index (χ0v) is 14.9. The molecule has 0 atom stereocenters. The molecule has 0 saturated heterocycles. The Kier molecular flexibility index (Phi) is 5.73. The van der Waals surface area contributed by atoms with Crippen molar-refractivity contribution in [2.24, 2.45) is 0 Å². The number of rotatable bonds is 5. The van der Waals surface area contributed by atoms with E-state index in [1.165, 1.54) is 11.1 Å². The lowest BCUT2D eigenvalue weighted by Gasteiger charge is -2.19. The summed E-state index contributed by atoms with van der Waals surface area (Å²) in [6.45, 7) is 6.82. The number of urea groups is 1. The van der Waals surface area contributed by atoms with Crippen molar-refractivity contribution in [2.75, 3.05) is 24.7 Å². The highest BCUT2D eigenvalue weighted by molar-refractivity contribution is 5.89. The maximum atomic E-state index is 12.4. The minimum Gasteiger partial charge on any atom is -0.357 e. The molecule has 6 heteroatoms. The minimum atomic E-state index is -0.161. The summed E-state index contributed by atoms with van der Waals surface area (Å²) >= 11 is 0. The lowest BCUT2D eigenvalue weighted by molar-refractivity contribution is 0.220. The second kappa shape index (κ2) is 7.77. The smallest absolute Gasteiger partial charge is 0.321 e. The molecular weight excluding hydrogens is 302 g/mol. The Morgan fingerprint density at radius 1 is 1.25 bits per heavy atom. The van der Waals surface area contributed by atoms with Crippen molar-refractivity contribution in [3.63, 3.8) is 0 Å². The van der Waals surface area contributed by atoms with Gasteiger partial charge in [0.15, 0.2) is 0 Å². The predicted molar refractivity (Wildman–Crippen MR) is 97.3 cm³/mol. The Morgan fingerprint density at radius 2 is 1.92 bits per heavy atom. The zero-order chi connectivity index (χ0) is 17.7. The summed E-state index contributed by atoms with van der Waals surface area (Å²) in [4.78, 5) is 22.3. The number of hydrogen-bond donors (Lipinski definition) is 2. The average Bonchev–Trinajstić information content (AvgIpc) is 2.57. The van der Waals surface area contributed by atoms with Gasteiger partial charge in [0.25, 0.3) is 0 Å². The van der Waals surface area contributed by atoms with E-state index >= 15 is 0 Å². The maximum absolute atomic E-state index is 12.4. The molecule has 0 spiro atoms. The molecule has 2 amide bonds. The lowest BCUT2D eigenvalue weighted by atomic mass is 9.97. The Balaban J connectivity index is 2.01. The third kappa shape index (κ3) is 4.44. The van der Waals surface area contributed by atoms with E-state index in [2.05, 4.69) is 41.4 Å². The molecule has 2 N–H and O–H groups in total. The molecule has 0 aliphatic rings. The molecule has 1 aromatic carbocycles. The molecule has 0 unspecified atom stereocenters. The molecule has 0 saturated carbocycles. The monoisotopic (exact) mass is 327 g/mol. The molecule has 2 aromatic rings. The SMILES string of the molecule is CNc1ncc(CN(C)C(=O)Nc2ccc(C)c(C(C)C)c2)cn1. The van der Waals surface area contributed by atoms with E-state index in [1.54, 1.807) is 31.4 Å². The minimum absolute atomic E-state index is 0.161. The van der Waals surface area contributed by atoms with Gasteiger partial charge in [0.1, 0.15) is 0 Å². The van der Waals surface area contributed by atoms with Gasteiger partial charge in [-0.2, -0.15) is 0 Å². The van der Waals surface area contributed by atoms with Gasteiger partial charge in [-0.3, -0.25) is 0 Å². The van der Waals surface area contributed by atoms with Crippen LogP contribution in [-0.2, 0) is 6.54 Å². The fourth-order valence-electron chi connectivity index (χ4n) is 2.47. The average molecular weight is 327 g/mol. The third-order valence-corrected chi connectivity index (χ3v) is 3.85. The summed E-state index contributed by atoms with van der Waals surface area (Å²) in [5.74, 6) is 0.981. The van der Waals surface area contributed by atoms with E-state index in [1.807, 2.05) is 18.2 Å². The number of aryl methyl sites for hydroxylation is 1. The number of carbonyl (C=O) groups excluding carboxylic acids is 1. The first-order valence-electron chi connectivity index (χ1n) is 8.02. The second-order valence-corrected chi connectivity index (χ2v) is 6.18. The van der Waals surface area contributed by atoms with Gasteiger partial charge in [0.2, 0.25) is 5.95 Å². The molecule has 0 bridgehead atoms. The summed E-state index contributed by atoms with van der Waals surface area (Å²) in [6.07, 6.45) is 3.43. The molecular formula is C18H25N5O. The van der Waals surface area contributed by atoms with E-state index < -0.39 is 0 Å². The molecule has 0 aliphatic carbocycles. The van der Waals surface area contributed by atoms with E-state index in [-0.39, 0.29) is 6.03 Å². The van der Waals surface area contributed by atoms with Crippen molar-refractivity contribution in [3.8, 4) is 0 Å². The van der Waals surface area contributed by atoms with E-state index in [0.29, 0.717) is 18.4 Å². The highest BCUT2D eigenvalue weighted by Gasteiger charge is 2.12. The van der Waals surface area contributed by atoms with Gasteiger partial charge >= 0.3 is 6.03 Å². The molecule has 0 fully saturated rings. The van der Waals surface area contributed by atoms with Gasteiger partial charge in [-0.25, -0.2) is 14.8 Å². The Bertz CT molecular complexity index is 697. The van der Waals surface area contributed by atoms with Gasteiger partial charge in [0, 0.05) is 37.7 Å². The molecule has 0 radical (unpaired) electrons. The largest absolute Gasteiger partial charge is 0.357 e. The highest BCUT2D eigenvalue weighted by atomic mass is 16.2. The van der Waals surface area contributed by atoms with Crippen molar-refractivity contribution in [1.82, 2.24) is 14.9 Å². The summed E-state index contributed by atoms with van der Waals surface area (Å²) in [6, 6.07) is 5.84. The Labute approximate surface area is 143 Å². The van der Waals surface area contributed by atoms with Crippen LogP contribution in [0.4, 0.5) is 16.4 Å². The lowest BCUT2D eigenvalue weighted by Crippen LogP contribution is -2.31. The molecule has 2 rings (SSSR count). The molecule has 1 heterocycles. The fourth-order valence-corrected chi connectivity index (χ4v) is 2.47. The van der Waals surface area contributed by atoms with Gasteiger partial charge < -0.3 is 15.5 Å². The molecule has 0 aliphatic heterocycles. The number of anilines is 2.